The van der Waals surface area contributed by atoms with E-state index in [9.17, 15) is 21.6 Å². The average molecular weight is 431 g/mol. The molecule has 0 unspecified atom stereocenters. The summed E-state index contributed by atoms with van der Waals surface area (Å²) in [5.41, 5.74) is 0.729. The van der Waals surface area contributed by atoms with Crippen molar-refractivity contribution in [2.75, 3.05) is 0 Å². The van der Waals surface area contributed by atoms with Crippen LogP contribution in [0.4, 0.5) is 13.2 Å². The molecule has 9 heteroatoms. The second-order valence-corrected chi connectivity index (χ2v) is 8.42. The van der Waals surface area contributed by atoms with Gasteiger partial charge in [-0.2, -0.15) is 13.2 Å². The number of rotatable bonds is 5. The van der Waals surface area contributed by atoms with Crippen molar-refractivity contribution in [1.29, 1.82) is 0 Å². The van der Waals surface area contributed by atoms with E-state index in [0.717, 1.165) is 33.9 Å². The summed E-state index contributed by atoms with van der Waals surface area (Å²) >= 11 is 0. The lowest BCUT2D eigenvalue weighted by molar-refractivity contribution is -0.137. The molecule has 5 nitrogen and oxygen atoms in total. The second kappa shape index (κ2) is 7.56. The summed E-state index contributed by atoms with van der Waals surface area (Å²) in [5.74, 6) is 0.293. The first kappa shape index (κ1) is 20.1. The van der Waals surface area contributed by atoms with Gasteiger partial charge in [0.25, 0.3) is 10.0 Å². The van der Waals surface area contributed by atoms with Crippen LogP contribution >= 0.6 is 0 Å². The highest BCUT2D eigenvalue weighted by Gasteiger charge is 2.31. The quantitative estimate of drug-likeness (QED) is 0.468. The van der Waals surface area contributed by atoms with Gasteiger partial charge >= 0.3 is 6.18 Å². The van der Waals surface area contributed by atoms with Gasteiger partial charge in [0.05, 0.1) is 21.5 Å². The number of alkyl halides is 3. The van der Waals surface area contributed by atoms with Crippen molar-refractivity contribution in [3.05, 3.63) is 90.0 Å². The van der Waals surface area contributed by atoms with Gasteiger partial charge in [-0.15, -0.1) is 0 Å². The van der Waals surface area contributed by atoms with Crippen molar-refractivity contribution >= 4 is 21.1 Å². The Morgan fingerprint density at radius 2 is 1.57 bits per heavy atom. The first-order valence-corrected chi connectivity index (χ1v) is 10.5. The van der Waals surface area contributed by atoms with Gasteiger partial charge in [0, 0.05) is 18.3 Å². The van der Waals surface area contributed by atoms with Crippen LogP contribution in [0.5, 0.6) is 0 Å². The minimum absolute atomic E-state index is 0.238. The van der Waals surface area contributed by atoms with E-state index in [-0.39, 0.29) is 4.90 Å². The molecule has 0 aliphatic rings. The third kappa shape index (κ3) is 3.80. The largest absolute Gasteiger partial charge is 0.416 e. The summed E-state index contributed by atoms with van der Waals surface area (Å²) in [5, 5.41) is 0. The maximum atomic E-state index is 13.3. The monoisotopic (exact) mass is 431 g/mol. The van der Waals surface area contributed by atoms with E-state index >= 15 is 0 Å². The van der Waals surface area contributed by atoms with Gasteiger partial charge in [0.15, 0.2) is 0 Å². The molecule has 0 amide bonds. The molecular formula is C21H16F3N3O2S. The number of aryl methyl sites for hydroxylation is 2. The minimum Gasteiger partial charge on any atom is -0.261 e. The summed E-state index contributed by atoms with van der Waals surface area (Å²) in [4.78, 5) is 8.45. The van der Waals surface area contributed by atoms with Gasteiger partial charge < -0.3 is 0 Å². The number of nitrogens with zero attached hydrogens (tertiary/aromatic N) is 3. The molecule has 0 spiro atoms. The number of pyridine rings is 1. The van der Waals surface area contributed by atoms with E-state index in [2.05, 4.69) is 9.97 Å². The van der Waals surface area contributed by atoms with Crippen molar-refractivity contribution in [2.24, 2.45) is 0 Å². The second-order valence-electron chi connectivity index (χ2n) is 6.63. The van der Waals surface area contributed by atoms with E-state index in [1.54, 1.807) is 36.5 Å². The summed E-state index contributed by atoms with van der Waals surface area (Å²) in [6.07, 6.45) is -2.13. The van der Waals surface area contributed by atoms with E-state index in [1.807, 2.05) is 12.1 Å². The maximum Gasteiger partial charge on any atom is 0.416 e. The third-order valence-corrected chi connectivity index (χ3v) is 6.39. The number of benzene rings is 2. The molecule has 2 aromatic carbocycles. The molecule has 2 aromatic heterocycles. The van der Waals surface area contributed by atoms with Crippen LogP contribution in [0, 0.1) is 0 Å². The first-order chi connectivity index (χ1) is 14.3. The normalized spacial score (nSPS) is 12.4. The Hall–Kier alpha value is -3.20. The molecule has 2 heterocycles. The van der Waals surface area contributed by atoms with Crippen LogP contribution in [0.15, 0.2) is 77.8 Å². The van der Waals surface area contributed by atoms with Gasteiger partial charge in [-0.3, -0.25) is 4.98 Å². The van der Waals surface area contributed by atoms with Gasteiger partial charge in [-0.05, 0) is 55.0 Å². The average Bonchev–Trinajstić information content (AvgIpc) is 3.12. The summed E-state index contributed by atoms with van der Waals surface area (Å²) in [6.45, 7) is 0. The number of para-hydroxylation sites is 2. The molecule has 154 valence electrons. The molecular weight excluding hydrogens is 415 g/mol. The summed E-state index contributed by atoms with van der Waals surface area (Å²) in [7, 11) is -4.15. The van der Waals surface area contributed by atoms with Crippen molar-refractivity contribution < 1.29 is 21.6 Å². The van der Waals surface area contributed by atoms with Crippen LogP contribution in [0.1, 0.15) is 17.1 Å². The Bertz CT molecular complexity index is 1280. The van der Waals surface area contributed by atoms with Crippen LogP contribution in [-0.4, -0.2) is 22.4 Å². The topological polar surface area (TPSA) is 64.8 Å². The Morgan fingerprint density at radius 1 is 0.867 bits per heavy atom. The molecule has 4 rings (SSSR count). The Balaban J connectivity index is 1.78. The van der Waals surface area contributed by atoms with Gasteiger partial charge in [-0.1, -0.05) is 18.2 Å². The van der Waals surface area contributed by atoms with Crippen LogP contribution in [0.2, 0.25) is 0 Å². The lowest BCUT2D eigenvalue weighted by atomic mass is 10.2. The van der Waals surface area contributed by atoms with Crippen LogP contribution in [0.3, 0.4) is 0 Å². The highest BCUT2D eigenvalue weighted by molar-refractivity contribution is 7.90. The predicted octanol–water partition coefficient (Wildman–Crippen LogP) is 4.47. The molecule has 0 radical (unpaired) electrons. The predicted molar refractivity (Wildman–Crippen MR) is 105 cm³/mol. The zero-order valence-electron chi connectivity index (χ0n) is 15.5. The molecule has 0 atom stereocenters. The SMILES string of the molecule is O=S(=O)(c1ccc(C(F)(F)F)cc1)n1c(CCc2ccccn2)nc2ccccc21. The zero-order chi connectivity index (χ0) is 21.4. The number of halogens is 3. The van der Waals surface area contributed by atoms with E-state index in [0.29, 0.717) is 29.7 Å². The molecule has 4 aromatic rings. The van der Waals surface area contributed by atoms with Gasteiger partial charge in [-0.25, -0.2) is 17.4 Å². The highest BCUT2D eigenvalue weighted by atomic mass is 32.2. The van der Waals surface area contributed by atoms with Crippen molar-refractivity contribution in [1.82, 2.24) is 13.9 Å². The molecule has 0 fully saturated rings. The van der Waals surface area contributed by atoms with Crippen molar-refractivity contribution in [3.63, 3.8) is 0 Å². The fraction of sp³-hybridized carbons (Fsp3) is 0.143. The molecule has 0 N–H and O–H groups in total. The maximum absolute atomic E-state index is 13.3. The lowest BCUT2D eigenvalue weighted by Gasteiger charge is -2.12. The van der Waals surface area contributed by atoms with Crippen molar-refractivity contribution in [3.8, 4) is 0 Å². The number of aromatic nitrogens is 3. The van der Waals surface area contributed by atoms with Crippen LogP contribution in [-0.2, 0) is 29.0 Å². The van der Waals surface area contributed by atoms with Gasteiger partial charge in [0.2, 0.25) is 0 Å². The Labute approximate surface area is 170 Å². The summed E-state index contributed by atoms with van der Waals surface area (Å²) in [6, 6.07) is 15.7. The van der Waals surface area contributed by atoms with Crippen molar-refractivity contribution in [2.45, 2.75) is 23.9 Å². The number of imidazole rings is 1. The molecule has 30 heavy (non-hydrogen) atoms. The standard InChI is InChI=1S/C21H16F3N3O2S/c22-21(23,24)15-8-11-17(12-9-15)30(28,29)27-19-7-2-1-6-18(19)26-20(27)13-10-16-5-3-4-14-25-16/h1-9,11-12,14H,10,13H2. The number of hydrogen-bond donors (Lipinski definition) is 0. The van der Waals surface area contributed by atoms with Crippen LogP contribution < -0.4 is 0 Å². The fourth-order valence-electron chi connectivity index (χ4n) is 3.19. The first-order valence-electron chi connectivity index (χ1n) is 9.06. The minimum atomic E-state index is -4.54. The third-order valence-electron chi connectivity index (χ3n) is 4.64. The highest BCUT2D eigenvalue weighted by Crippen LogP contribution is 2.31. The molecule has 0 saturated carbocycles. The molecule has 0 aliphatic heterocycles. The number of fused-ring (bicyclic) bond motifs is 1. The summed E-state index contributed by atoms with van der Waals surface area (Å²) < 4.78 is 66.3. The Kier molecular flexibility index (Phi) is 5.07. The van der Waals surface area contributed by atoms with E-state index in [4.69, 9.17) is 0 Å². The lowest BCUT2D eigenvalue weighted by Crippen LogP contribution is -2.17. The molecule has 0 saturated heterocycles. The smallest absolute Gasteiger partial charge is 0.261 e. The van der Waals surface area contributed by atoms with Gasteiger partial charge in [0.1, 0.15) is 5.82 Å². The fourth-order valence-corrected chi connectivity index (χ4v) is 4.70. The molecule has 0 bridgehead atoms. The van der Waals surface area contributed by atoms with E-state index in [1.165, 1.54) is 0 Å². The number of hydrogen-bond acceptors (Lipinski definition) is 4. The molecule has 0 aliphatic carbocycles. The Morgan fingerprint density at radius 3 is 2.23 bits per heavy atom. The van der Waals surface area contributed by atoms with Crippen LogP contribution in [0.25, 0.3) is 11.0 Å². The van der Waals surface area contributed by atoms with E-state index < -0.39 is 21.8 Å². The zero-order valence-corrected chi connectivity index (χ0v) is 16.4.